The van der Waals surface area contributed by atoms with E-state index in [1.54, 1.807) is 7.11 Å². The van der Waals surface area contributed by atoms with E-state index in [2.05, 4.69) is 5.32 Å². The van der Waals surface area contributed by atoms with Crippen LogP contribution < -0.4 is 14.8 Å². The van der Waals surface area contributed by atoms with Crippen molar-refractivity contribution in [3.05, 3.63) is 59.2 Å². The fourth-order valence-corrected chi connectivity index (χ4v) is 2.97. The van der Waals surface area contributed by atoms with Crippen LogP contribution in [0.25, 0.3) is 0 Å². The molecule has 0 heterocycles. The highest BCUT2D eigenvalue weighted by molar-refractivity contribution is 5.85. The van der Waals surface area contributed by atoms with Gasteiger partial charge in [0.2, 0.25) is 0 Å². The predicted octanol–water partition coefficient (Wildman–Crippen LogP) is 5.51. The Hall–Kier alpha value is -2.17. The van der Waals surface area contributed by atoms with Gasteiger partial charge in [0, 0.05) is 12.1 Å². The molecule has 0 radical (unpaired) electrons. The van der Waals surface area contributed by atoms with Crippen LogP contribution in [-0.4, -0.2) is 37.0 Å². The first kappa shape index (κ1) is 28.9. The summed E-state index contributed by atoms with van der Waals surface area (Å²) in [5.74, 6) is 0.0963. The van der Waals surface area contributed by atoms with Gasteiger partial charge in [-0.1, -0.05) is 12.1 Å². The fraction of sp³-hybridized carbons (Fsp3) is 0.455. The minimum atomic E-state index is -4.97. The molecule has 33 heavy (non-hydrogen) atoms. The Morgan fingerprint density at radius 1 is 0.879 bits per heavy atom. The molecule has 0 spiro atoms. The van der Waals surface area contributed by atoms with Crippen LogP contribution in [0.3, 0.4) is 0 Å². The zero-order valence-corrected chi connectivity index (χ0v) is 19.0. The number of halogens is 7. The van der Waals surface area contributed by atoms with Crippen molar-refractivity contribution >= 4 is 12.4 Å². The molecule has 11 heteroatoms. The van der Waals surface area contributed by atoms with Crippen LogP contribution in [0.15, 0.2) is 42.5 Å². The maximum Gasteiger partial charge on any atom is 0.416 e. The van der Waals surface area contributed by atoms with Crippen molar-refractivity contribution in [2.45, 2.75) is 44.3 Å². The van der Waals surface area contributed by atoms with E-state index in [1.165, 1.54) is 0 Å². The number of alkyl halides is 6. The van der Waals surface area contributed by atoms with Gasteiger partial charge in [0.05, 0.1) is 18.2 Å². The summed E-state index contributed by atoms with van der Waals surface area (Å²) in [6, 6.07) is 8.40. The standard InChI is InChI=1S/C22H25F6NO3.ClH/c1-20(2,11-14-4-6-18(31-3)7-5-14)29-12-17(30)13-32-19-9-15(21(23,24)25)8-16(10-19)22(26,27)28;/h4-10,17,29-30H,11-13H2,1-3H3;1H. The van der Waals surface area contributed by atoms with Gasteiger partial charge in [-0.3, -0.25) is 0 Å². The molecule has 0 aliphatic rings. The van der Waals surface area contributed by atoms with E-state index >= 15 is 0 Å². The van der Waals surface area contributed by atoms with Crippen molar-refractivity contribution in [3.63, 3.8) is 0 Å². The Morgan fingerprint density at radius 3 is 1.85 bits per heavy atom. The Kier molecular flexibility index (Phi) is 9.89. The number of β-amino-alcohol motifs (C(OH)–C–C–N with tert-alkyl or cyclic N) is 1. The van der Waals surface area contributed by atoms with E-state index in [-0.39, 0.29) is 25.0 Å². The van der Waals surface area contributed by atoms with Crippen LogP contribution >= 0.6 is 12.4 Å². The Bertz CT molecular complexity index is 853. The van der Waals surface area contributed by atoms with Gasteiger partial charge in [-0.25, -0.2) is 0 Å². The van der Waals surface area contributed by atoms with E-state index in [0.29, 0.717) is 18.6 Å². The molecule has 0 saturated heterocycles. The highest BCUT2D eigenvalue weighted by Gasteiger charge is 2.37. The predicted molar refractivity (Wildman–Crippen MR) is 114 cm³/mol. The van der Waals surface area contributed by atoms with Crippen molar-refractivity contribution in [1.82, 2.24) is 5.32 Å². The largest absolute Gasteiger partial charge is 0.497 e. The lowest BCUT2D eigenvalue weighted by molar-refractivity contribution is -0.143. The summed E-state index contributed by atoms with van der Waals surface area (Å²) in [7, 11) is 1.56. The molecular weight excluding hydrogens is 476 g/mol. The SMILES string of the molecule is COc1ccc(CC(C)(C)NCC(O)COc2cc(C(F)(F)F)cc(C(F)(F)F)c2)cc1.Cl. The van der Waals surface area contributed by atoms with E-state index in [1.807, 2.05) is 38.1 Å². The topological polar surface area (TPSA) is 50.7 Å². The van der Waals surface area contributed by atoms with Crippen molar-refractivity contribution in [1.29, 1.82) is 0 Å². The second-order valence-electron chi connectivity index (χ2n) is 8.00. The first-order valence-electron chi connectivity index (χ1n) is 9.68. The number of rotatable bonds is 9. The van der Waals surface area contributed by atoms with Crippen molar-refractivity contribution < 1.29 is 40.9 Å². The Morgan fingerprint density at radius 2 is 1.39 bits per heavy atom. The van der Waals surface area contributed by atoms with Crippen LogP contribution in [0.5, 0.6) is 11.5 Å². The second kappa shape index (κ2) is 11.3. The van der Waals surface area contributed by atoms with Gasteiger partial charge in [-0.15, -0.1) is 12.4 Å². The van der Waals surface area contributed by atoms with E-state index in [4.69, 9.17) is 9.47 Å². The molecule has 0 saturated carbocycles. The number of benzene rings is 2. The van der Waals surface area contributed by atoms with Crippen LogP contribution in [-0.2, 0) is 18.8 Å². The second-order valence-corrected chi connectivity index (χ2v) is 8.00. The van der Waals surface area contributed by atoms with E-state index < -0.39 is 47.5 Å². The molecule has 2 aromatic carbocycles. The third-order valence-corrected chi connectivity index (χ3v) is 4.62. The summed E-state index contributed by atoms with van der Waals surface area (Å²) in [5.41, 5.74) is -2.39. The lowest BCUT2D eigenvalue weighted by Gasteiger charge is -2.28. The molecule has 0 aliphatic heterocycles. The molecule has 1 atom stereocenters. The van der Waals surface area contributed by atoms with Gasteiger partial charge in [0.25, 0.3) is 0 Å². The quantitative estimate of drug-likeness (QED) is 0.445. The summed E-state index contributed by atoms with van der Waals surface area (Å²) in [6.07, 6.45) is -10.5. The minimum Gasteiger partial charge on any atom is -0.497 e. The fourth-order valence-electron chi connectivity index (χ4n) is 2.97. The van der Waals surface area contributed by atoms with Crippen molar-refractivity contribution in [3.8, 4) is 11.5 Å². The summed E-state index contributed by atoms with van der Waals surface area (Å²) < 4.78 is 87.7. The molecule has 4 nitrogen and oxygen atoms in total. The van der Waals surface area contributed by atoms with Gasteiger partial charge < -0.3 is 19.9 Å². The summed E-state index contributed by atoms with van der Waals surface area (Å²) in [4.78, 5) is 0. The molecule has 2 aromatic rings. The lowest BCUT2D eigenvalue weighted by atomic mass is 9.94. The molecular formula is C22H26ClF6NO3. The van der Waals surface area contributed by atoms with Crippen LogP contribution in [0.4, 0.5) is 26.3 Å². The van der Waals surface area contributed by atoms with Crippen LogP contribution in [0.2, 0.25) is 0 Å². The highest BCUT2D eigenvalue weighted by atomic mass is 35.5. The minimum absolute atomic E-state index is 0. The van der Waals surface area contributed by atoms with Crippen LogP contribution in [0.1, 0.15) is 30.5 Å². The lowest BCUT2D eigenvalue weighted by Crippen LogP contribution is -2.46. The Labute approximate surface area is 194 Å². The maximum atomic E-state index is 12.9. The molecule has 2 rings (SSSR count). The highest BCUT2D eigenvalue weighted by Crippen LogP contribution is 2.38. The summed E-state index contributed by atoms with van der Waals surface area (Å²) in [5, 5.41) is 13.2. The number of nitrogens with one attached hydrogen (secondary N) is 1. The number of ether oxygens (including phenoxy) is 2. The first-order valence-corrected chi connectivity index (χ1v) is 9.68. The van der Waals surface area contributed by atoms with Gasteiger partial charge in [-0.2, -0.15) is 26.3 Å². The number of aliphatic hydroxyl groups is 1. The van der Waals surface area contributed by atoms with E-state index in [9.17, 15) is 31.4 Å². The number of methoxy groups -OCH3 is 1. The maximum absolute atomic E-state index is 12.9. The molecule has 0 fully saturated rings. The van der Waals surface area contributed by atoms with E-state index in [0.717, 1.165) is 11.3 Å². The monoisotopic (exact) mass is 501 g/mol. The third kappa shape index (κ3) is 9.30. The summed E-state index contributed by atoms with van der Waals surface area (Å²) in [6.45, 7) is 3.33. The molecule has 186 valence electrons. The Balaban J connectivity index is 0.00000544. The molecule has 0 aromatic heterocycles. The molecule has 1 unspecified atom stereocenters. The summed E-state index contributed by atoms with van der Waals surface area (Å²) >= 11 is 0. The van der Waals surface area contributed by atoms with Gasteiger partial charge in [-0.05, 0) is 56.2 Å². The van der Waals surface area contributed by atoms with Crippen molar-refractivity contribution in [2.75, 3.05) is 20.3 Å². The number of hydrogen-bond donors (Lipinski definition) is 2. The van der Waals surface area contributed by atoms with Crippen LogP contribution in [0, 0.1) is 0 Å². The van der Waals surface area contributed by atoms with Gasteiger partial charge >= 0.3 is 12.4 Å². The zero-order valence-electron chi connectivity index (χ0n) is 18.2. The van der Waals surface area contributed by atoms with Gasteiger partial charge in [0.1, 0.15) is 24.2 Å². The van der Waals surface area contributed by atoms with Gasteiger partial charge in [0.15, 0.2) is 0 Å². The number of hydrogen-bond acceptors (Lipinski definition) is 4. The zero-order chi connectivity index (χ0) is 24.2. The smallest absolute Gasteiger partial charge is 0.416 e. The molecule has 2 N–H and O–H groups in total. The van der Waals surface area contributed by atoms with Crippen molar-refractivity contribution in [2.24, 2.45) is 0 Å². The third-order valence-electron chi connectivity index (χ3n) is 4.62. The normalized spacial score (nSPS) is 13.3. The molecule has 0 bridgehead atoms. The first-order chi connectivity index (χ1) is 14.7. The molecule has 0 aliphatic carbocycles. The average Bonchev–Trinajstić information content (AvgIpc) is 2.69. The number of aliphatic hydroxyl groups excluding tert-OH is 1. The average molecular weight is 502 g/mol. The molecule has 0 amide bonds.